The molecule has 0 fully saturated rings. The molecule has 23 heavy (non-hydrogen) atoms. The Labute approximate surface area is 141 Å². The monoisotopic (exact) mass is 307 g/mol. The maximum Gasteiger partial charge on any atom is 0.0446 e. The third-order valence-electron chi connectivity index (χ3n) is 4.93. The molecule has 0 amide bonds. The molecule has 0 radical (unpaired) electrons. The minimum absolute atomic E-state index is 1.07. The molecule has 122 valence electrons. The molecule has 0 unspecified atom stereocenters. The first-order chi connectivity index (χ1) is 11.4. The van der Waals surface area contributed by atoms with Crippen molar-refractivity contribution in [3.63, 3.8) is 0 Å². The Morgan fingerprint density at radius 1 is 0.696 bits per heavy atom. The molecule has 0 aliphatic carbocycles. The number of rotatable bonds is 8. The van der Waals surface area contributed by atoms with Crippen LogP contribution in [0.5, 0.6) is 0 Å². The van der Waals surface area contributed by atoms with Crippen molar-refractivity contribution in [3.05, 3.63) is 59.7 Å². The average Bonchev–Trinajstić information content (AvgIpc) is 2.60. The van der Waals surface area contributed by atoms with Gasteiger partial charge in [0.05, 0.1) is 0 Å². The minimum atomic E-state index is 1.07. The van der Waals surface area contributed by atoms with Crippen LogP contribution in [0, 0.1) is 0 Å². The van der Waals surface area contributed by atoms with Gasteiger partial charge >= 0.3 is 0 Å². The number of para-hydroxylation sites is 2. The summed E-state index contributed by atoms with van der Waals surface area (Å²) >= 11 is 0. The molecule has 0 atom stereocenters. The Bertz CT molecular complexity index is 571. The van der Waals surface area contributed by atoms with E-state index in [0.29, 0.717) is 0 Å². The fourth-order valence-electron chi connectivity index (χ4n) is 3.65. The molecular formula is C22H29N. The molecule has 0 N–H and O–H groups in total. The maximum atomic E-state index is 2.54. The largest absolute Gasteiger partial charge is 0.341 e. The summed E-state index contributed by atoms with van der Waals surface area (Å²) in [6, 6.07) is 17.8. The number of benzene rings is 2. The van der Waals surface area contributed by atoms with E-state index in [1.54, 1.807) is 0 Å². The Morgan fingerprint density at radius 2 is 1.22 bits per heavy atom. The molecule has 3 rings (SSSR count). The first-order valence-corrected chi connectivity index (χ1v) is 9.33. The van der Waals surface area contributed by atoms with Gasteiger partial charge in [-0.1, -0.05) is 81.8 Å². The van der Waals surface area contributed by atoms with Crippen molar-refractivity contribution in [1.29, 1.82) is 0 Å². The molecule has 2 aromatic rings. The zero-order chi connectivity index (χ0) is 15.9. The van der Waals surface area contributed by atoms with Crippen LogP contribution < -0.4 is 4.90 Å². The summed E-state index contributed by atoms with van der Waals surface area (Å²) in [5.74, 6) is 0. The molecule has 0 saturated carbocycles. The normalized spacial score (nSPS) is 12.8. The van der Waals surface area contributed by atoms with Crippen LogP contribution in [0.25, 0.3) is 0 Å². The summed E-state index contributed by atoms with van der Waals surface area (Å²) in [4.78, 5) is 2.54. The molecule has 0 bridgehead atoms. The van der Waals surface area contributed by atoms with Gasteiger partial charge in [-0.2, -0.15) is 0 Å². The highest BCUT2D eigenvalue weighted by molar-refractivity contribution is 5.74. The molecule has 1 heteroatoms. The van der Waals surface area contributed by atoms with Gasteiger partial charge < -0.3 is 4.90 Å². The van der Waals surface area contributed by atoms with E-state index in [4.69, 9.17) is 0 Å². The van der Waals surface area contributed by atoms with Crippen LogP contribution in [-0.2, 0) is 6.42 Å². The van der Waals surface area contributed by atoms with Crippen LogP contribution in [0.15, 0.2) is 48.5 Å². The SMILES string of the molecule is CCCCCCCCCN1c2ccccc2Cc2ccccc21. The number of fused-ring (bicyclic) bond motifs is 2. The van der Waals surface area contributed by atoms with E-state index in [0.717, 1.165) is 13.0 Å². The zero-order valence-corrected chi connectivity index (χ0v) is 14.4. The van der Waals surface area contributed by atoms with Gasteiger partial charge in [-0.3, -0.25) is 0 Å². The highest BCUT2D eigenvalue weighted by atomic mass is 15.1. The minimum Gasteiger partial charge on any atom is -0.341 e. The number of hydrogen-bond acceptors (Lipinski definition) is 1. The van der Waals surface area contributed by atoms with Crippen molar-refractivity contribution < 1.29 is 0 Å². The lowest BCUT2D eigenvalue weighted by molar-refractivity contribution is 0.590. The van der Waals surface area contributed by atoms with Gasteiger partial charge in [0.2, 0.25) is 0 Å². The van der Waals surface area contributed by atoms with E-state index >= 15 is 0 Å². The quantitative estimate of drug-likeness (QED) is 0.504. The molecule has 1 aliphatic heterocycles. The van der Waals surface area contributed by atoms with Crippen molar-refractivity contribution in [1.82, 2.24) is 0 Å². The Hall–Kier alpha value is -1.76. The number of unbranched alkanes of at least 4 members (excludes halogenated alkanes) is 6. The molecule has 0 aromatic heterocycles. The van der Waals surface area contributed by atoms with Crippen molar-refractivity contribution >= 4 is 11.4 Å². The lowest BCUT2D eigenvalue weighted by atomic mass is 9.95. The van der Waals surface area contributed by atoms with E-state index in [9.17, 15) is 0 Å². The Kier molecular flexibility index (Phi) is 5.74. The van der Waals surface area contributed by atoms with Gasteiger partial charge in [0.15, 0.2) is 0 Å². The summed E-state index contributed by atoms with van der Waals surface area (Å²) < 4.78 is 0. The van der Waals surface area contributed by atoms with Gasteiger partial charge in [0.25, 0.3) is 0 Å². The van der Waals surface area contributed by atoms with Gasteiger partial charge in [-0.05, 0) is 29.7 Å². The molecule has 0 spiro atoms. The summed E-state index contributed by atoms with van der Waals surface area (Å²) in [7, 11) is 0. The number of nitrogens with zero attached hydrogens (tertiary/aromatic N) is 1. The van der Waals surface area contributed by atoms with Crippen LogP contribution >= 0.6 is 0 Å². The lowest BCUT2D eigenvalue weighted by Gasteiger charge is -2.33. The molecule has 0 saturated heterocycles. The van der Waals surface area contributed by atoms with Crippen LogP contribution in [-0.4, -0.2) is 6.54 Å². The highest BCUT2D eigenvalue weighted by Crippen LogP contribution is 2.38. The molecule has 2 aromatic carbocycles. The molecule has 1 nitrogen and oxygen atoms in total. The fraction of sp³-hybridized carbons (Fsp3) is 0.455. The number of anilines is 2. The van der Waals surface area contributed by atoms with Gasteiger partial charge in [-0.25, -0.2) is 0 Å². The van der Waals surface area contributed by atoms with E-state index < -0.39 is 0 Å². The van der Waals surface area contributed by atoms with E-state index in [1.807, 2.05) is 0 Å². The highest BCUT2D eigenvalue weighted by Gasteiger charge is 2.21. The second-order valence-corrected chi connectivity index (χ2v) is 6.71. The van der Waals surface area contributed by atoms with E-state index in [2.05, 4.69) is 60.4 Å². The van der Waals surface area contributed by atoms with Crippen molar-refractivity contribution in [2.24, 2.45) is 0 Å². The smallest absolute Gasteiger partial charge is 0.0446 e. The predicted octanol–water partition coefficient (Wildman–Crippen LogP) is 6.48. The number of hydrogen-bond donors (Lipinski definition) is 0. The fourth-order valence-corrected chi connectivity index (χ4v) is 3.65. The lowest BCUT2D eigenvalue weighted by Crippen LogP contribution is -2.24. The summed E-state index contributed by atoms with van der Waals surface area (Å²) in [6.45, 7) is 3.42. The van der Waals surface area contributed by atoms with Gasteiger partial charge in [0, 0.05) is 24.3 Å². The maximum absolute atomic E-state index is 2.54. The van der Waals surface area contributed by atoms with Crippen LogP contribution in [0.2, 0.25) is 0 Å². The Balaban J connectivity index is 1.62. The Morgan fingerprint density at radius 3 is 1.83 bits per heavy atom. The first-order valence-electron chi connectivity index (χ1n) is 9.33. The van der Waals surface area contributed by atoms with Crippen LogP contribution in [0.1, 0.15) is 63.0 Å². The van der Waals surface area contributed by atoms with Gasteiger partial charge in [-0.15, -0.1) is 0 Å². The second-order valence-electron chi connectivity index (χ2n) is 6.71. The summed E-state index contributed by atoms with van der Waals surface area (Å²) in [6.07, 6.45) is 10.6. The van der Waals surface area contributed by atoms with Crippen molar-refractivity contribution in [2.75, 3.05) is 11.4 Å². The van der Waals surface area contributed by atoms with Crippen molar-refractivity contribution in [2.45, 2.75) is 58.3 Å². The molecular weight excluding hydrogens is 278 g/mol. The average molecular weight is 307 g/mol. The summed E-state index contributed by atoms with van der Waals surface area (Å²) in [5, 5.41) is 0. The van der Waals surface area contributed by atoms with Crippen LogP contribution in [0.3, 0.4) is 0 Å². The first kappa shape index (κ1) is 16.1. The second kappa shape index (κ2) is 8.19. The van der Waals surface area contributed by atoms with E-state index in [-0.39, 0.29) is 0 Å². The molecule has 1 heterocycles. The predicted molar refractivity (Wildman–Crippen MR) is 101 cm³/mol. The van der Waals surface area contributed by atoms with E-state index in [1.165, 1.54) is 67.4 Å². The standard InChI is InChI=1S/C22H29N/c1-2-3-4-5-6-7-12-17-23-21-15-10-8-13-19(21)18-20-14-9-11-16-22(20)23/h8-11,13-16H,2-7,12,17-18H2,1H3. The third-order valence-corrected chi connectivity index (χ3v) is 4.93. The summed E-state index contributed by atoms with van der Waals surface area (Å²) in [5.41, 5.74) is 5.76. The molecule has 1 aliphatic rings. The van der Waals surface area contributed by atoms with Gasteiger partial charge in [0.1, 0.15) is 0 Å². The van der Waals surface area contributed by atoms with Crippen molar-refractivity contribution in [3.8, 4) is 0 Å². The zero-order valence-electron chi connectivity index (χ0n) is 14.4. The topological polar surface area (TPSA) is 3.24 Å². The van der Waals surface area contributed by atoms with Crippen LogP contribution in [0.4, 0.5) is 11.4 Å². The third kappa shape index (κ3) is 3.96.